The highest BCUT2D eigenvalue weighted by Crippen LogP contribution is 2.32. The van der Waals surface area contributed by atoms with Crippen LogP contribution in [0, 0.1) is 0 Å². The number of carbonyl (C=O) groups is 4. The summed E-state index contributed by atoms with van der Waals surface area (Å²) >= 11 is 7.99. The van der Waals surface area contributed by atoms with Gasteiger partial charge in [-0.3, -0.25) is 19.2 Å². The van der Waals surface area contributed by atoms with Crippen molar-refractivity contribution in [2.45, 2.75) is 115 Å². The number of anilines is 10. The maximum Gasteiger partial charge on any atom is 0.255 e. The molecule has 25 heteroatoms. The number of benzene rings is 4. The van der Waals surface area contributed by atoms with Crippen LogP contribution in [0.2, 0.25) is 0 Å². The van der Waals surface area contributed by atoms with Crippen LogP contribution in [0.15, 0.2) is 134 Å². The van der Waals surface area contributed by atoms with E-state index >= 15 is 0 Å². The molecule has 4 aromatic carbocycles. The van der Waals surface area contributed by atoms with Gasteiger partial charge in [-0.05, 0) is 224 Å². The minimum atomic E-state index is -0.431. The number of fused-ring (bicyclic) bond motifs is 2. The van der Waals surface area contributed by atoms with Gasteiger partial charge in [0.25, 0.3) is 11.8 Å². The van der Waals surface area contributed by atoms with Crippen molar-refractivity contribution in [3.8, 4) is 0 Å². The van der Waals surface area contributed by atoms with E-state index in [9.17, 15) is 19.2 Å². The van der Waals surface area contributed by atoms with E-state index in [4.69, 9.17) is 37.3 Å². The predicted octanol–water partition coefficient (Wildman–Crippen LogP) is 12.7. The summed E-state index contributed by atoms with van der Waals surface area (Å²) in [4.78, 5) is 83.1. The monoisotopic (exact) mass is 1350 g/mol. The highest BCUT2D eigenvalue weighted by atomic mass is 79.9. The van der Waals surface area contributed by atoms with Gasteiger partial charge >= 0.3 is 0 Å². The second-order valence-electron chi connectivity index (χ2n) is 24.4. The Morgan fingerprint density at radius 3 is 1.39 bits per heavy atom. The summed E-state index contributed by atoms with van der Waals surface area (Å²) in [5, 5.41) is 23.0. The summed E-state index contributed by atoms with van der Waals surface area (Å²) in [6.07, 6.45) is 18.7. The van der Waals surface area contributed by atoms with Crippen LogP contribution in [0.4, 0.5) is 57.7 Å². The molecule has 3 amide bonds. The van der Waals surface area contributed by atoms with Crippen LogP contribution >= 0.6 is 27.5 Å². The van der Waals surface area contributed by atoms with Crippen molar-refractivity contribution in [2.24, 2.45) is 0 Å². The number of halogens is 2. The Bertz CT molecular complexity index is 3850. The van der Waals surface area contributed by atoms with Gasteiger partial charge in [-0.25, -0.2) is 9.97 Å². The molecule has 0 bridgehead atoms. The van der Waals surface area contributed by atoms with E-state index in [1.165, 1.54) is 12.2 Å². The lowest BCUT2D eigenvalue weighted by Crippen LogP contribution is -2.36. The highest BCUT2D eigenvalue weighted by Gasteiger charge is 2.26. The average molecular weight is 1350 g/mol. The van der Waals surface area contributed by atoms with Crippen molar-refractivity contribution < 1.29 is 19.2 Å². The molecule has 9 N–H and O–H groups in total. The van der Waals surface area contributed by atoms with Crippen molar-refractivity contribution in [2.75, 3.05) is 97.1 Å². The third kappa shape index (κ3) is 20.6. The molecule has 10 rings (SSSR count). The second-order valence-corrected chi connectivity index (χ2v) is 25.4. The zero-order chi connectivity index (χ0) is 66.7. The fraction of sp³-hybridized carbons (Fsp3) is 0.382. The second kappa shape index (κ2) is 33.7. The Balaban J connectivity index is 0.000000219. The number of nitrogens with zero attached hydrogens (tertiary/aromatic N) is 11. The molecule has 8 aromatic rings. The van der Waals surface area contributed by atoms with E-state index in [0.29, 0.717) is 104 Å². The zero-order valence-corrected chi connectivity index (χ0v) is 57.0. The van der Waals surface area contributed by atoms with E-state index in [-0.39, 0.29) is 29.8 Å². The molecule has 2 saturated carbocycles. The molecule has 0 atom stereocenters. The minimum absolute atomic E-state index is 0.180. The number of rotatable bonds is 22. The zero-order valence-electron chi connectivity index (χ0n) is 54.6. The smallest absolute Gasteiger partial charge is 0.255 e. The van der Waals surface area contributed by atoms with Gasteiger partial charge in [0.05, 0.1) is 12.7 Å². The fourth-order valence-corrected chi connectivity index (χ4v) is 11.1. The number of aromatic nitrogens is 8. The summed E-state index contributed by atoms with van der Waals surface area (Å²) in [5.74, 6) is 1.69. The van der Waals surface area contributed by atoms with Gasteiger partial charge in [0.15, 0.2) is 34.0 Å². The van der Waals surface area contributed by atoms with Crippen molar-refractivity contribution in [3.63, 3.8) is 0 Å². The Morgan fingerprint density at radius 2 is 1.00 bits per heavy atom. The Kier molecular flexibility index (Phi) is 25.4. The molecular formula is C68H87BrClN19O4. The maximum atomic E-state index is 13.1. The Hall–Kier alpha value is -8.81. The van der Waals surface area contributed by atoms with E-state index < -0.39 is 5.24 Å². The van der Waals surface area contributed by atoms with Crippen molar-refractivity contribution >= 4 is 130 Å². The van der Waals surface area contributed by atoms with Crippen LogP contribution in [-0.4, -0.2) is 155 Å². The van der Waals surface area contributed by atoms with Crippen LogP contribution in [0.25, 0.3) is 22.3 Å². The van der Waals surface area contributed by atoms with Gasteiger partial charge in [-0.2, -0.15) is 19.9 Å². The number of likely N-dealkylation sites (N-methyl/N-ethyl adjacent to an activating group) is 1. The van der Waals surface area contributed by atoms with Gasteiger partial charge in [-0.15, -0.1) is 0 Å². The van der Waals surface area contributed by atoms with E-state index in [1.54, 1.807) is 67.0 Å². The molecule has 0 aliphatic heterocycles. The quantitative estimate of drug-likeness (QED) is 0.0136. The summed E-state index contributed by atoms with van der Waals surface area (Å²) in [6.45, 7) is 9.10. The summed E-state index contributed by atoms with van der Waals surface area (Å²) in [6, 6.07) is 30.9. The first-order valence-electron chi connectivity index (χ1n) is 31.3. The van der Waals surface area contributed by atoms with E-state index in [0.717, 1.165) is 74.0 Å². The molecular weight excluding hydrogens is 1260 g/mol. The molecule has 2 fully saturated rings. The van der Waals surface area contributed by atoms with Crippen LogP contribution in [-0.2, 0) is 9.59 Å². The summed E-state index contributed by atoms with van der Waals surface area (Å²) in [7, 11) is 12.5. The number of amides is 3. The molecule has 4 heterocycles. The first-order valence-corrected chi connectivity index (χ1v) is 32.8. The number of alkyl halides is 1. The van der Waals surface area contributed by atoms with Crippen LogP contribution in [0.3, 0.4) is 0 Å². The molecule has 23 nitrogen and oxygen atoms in total. The van der Waals surface area contributed by atoms with E-state index in [1.807, 2.05) is 78.4 Å². The lowest BCUT2D eigenvalue weighted by Gasteiger charge is -2.33. The van der Waals surface area contributed by atoms with Crippen LogP contribution < -0.4 is 43.0 Å². The van der Waals surface area contributed by atoms with Gasteiger partial charge in [0, 0.05) is 99.5 Å². The highest BCUT2D eigenvalue weighted by molar-refractivity contribution is 9.09. The number of nitrogens with two attached hydrogens (primary N) is 1. The lowest BCUT2D eigenvalue weighted by atomic mass is 9.91. The molecule has 2 aliphatic carbocycles. The van der Waals surface area contributed by atoms with Gasteiger partial charge in [-0.1, -0.05) is 40.2 Å². The lowest BCUT2D eigenvalue weighted by molar-refractivity contribution is -0.112. The molecule has 0 saturated heterocycles. The van der Waals surface area contributed by atoms with Gasteiger partial charge < -0.3 is 66.8 Å². The van der Waals surface area contributed by atoms with Crippen molar-refractivity contribution in [1.29, 1.82) is 0 Å². The molecule has 4 aromatic heterocycles. The van der Waals surface area contributed by atoms with Crippen LogP contribution in [0.5, 0.6) is 0 Å². The fourth-order valence-electron chi connectivity index (χ4n) is 10.8. The molecule has 93 heavy (non-hydrogen) atoms. The Labute approximate surface area is 558 Å². The third-order valence-electron chi connectivity index (χ3n) is 15.9. The number of hydrogen-bond donors (Lipinski definition) is 8. The number of nitrogen functional groups attached to an aromatic ring is 1. The van der Waals surface area contributed by atoms with E-state index in [2.05, 4.69) is 133 Å². The van der Waals surface area contributed by atoms with Crippen molar-refractivity contribution in [1.82, 2.24) is 53.7 Å². The van der Waals surface area contributed by atoms with Gasteiger partial charge in [0.1, 0.15) is 0 Å². The van der Waals surface area contributed by atoms with Crippen molar-refractivity contribution in [3.05, 3.63) is 145 Å². The summed E-state index contributed by atoms with van der Waals surface area (Å²) < 4.78 is 4.10. The maximum absolute atomic E-state index is 13.1. The molecule has 492 valence electrons. The SMILES string of the molecule is CC(C)n1cnc2c(Nc3cccc(NC(=O)c4ccc(N)cc4)c3)nc(NC3CCC(N(C)C)CC3)nc21.CC(C)n1cnc2c(Nc3cccc(NC(=O)c4ccc(NC(=O)/C=C/CN(C)C)cc4)c3)nc(NC3CCC(N(C)C)CC3)nc21.O=C(Cl)/C=C/CBr. The Morgan fingerprint density at radius 1 is 0.570 bits per heavy atom. The molecule has 2 aliphatic rings. The topological polar surface area (TPSA) is 275 Å². The molecule has 0 spiro atoms. The first-order chi connectivity index (χ1) is 44.6. The predicted molar refractivity (Wildman–Crippen MR) is 381 cm³/mol. The largest absolute Gasteiger partial charge is 0.399 e. The van der Waals surface area contributed by atoms with Crippen LogP contribution in [0.1, 0.15) is 112 Å². The number of allylic oxidation sites excluding steroid dienone is 2. The number of hydrogen-bond acceptors (Lipinski definition) is 18. The number of imidazole rings is 2. The third-order valence-corrected chi connectivity index (χ3v) is 16.4. The minimum Gasteiger partial charge on any atom is -0.399 e. The first kappa shape index (κ1) is 70.1. The molecule has 0 unspecified atom stereocenters. The number of nitrogens with one attached hydrogen (secondary N) is 7. The normalized spacial score (nSPS) is 16.5. The standard InChI is InChI=1S/C35H46N10O2.C29H37N9O.C4H4BrClO/c1-23(2)45-22-36-31-32(41-35(42-33(31)45)40-26-16-18-29(19-17-26)44(5)6)38-27-9-7-10-28(21-27)39-34(47)24-12-14-25(15-13-24)37-30(46)11-8-20-43(3)4;1-18(2)38-17-31-25-26(35-29(36-27(25)38)34-21-12-14-24(15-13-21)37(3)4)32-22-6-5-7-23(16-22)33-28(39)19-8-10-20(30)11-9-19;5-3-1-2-4(6)7/h7-15,21-23,26,29H,16-20H2,1-6H3,(H,37,46)(H,39,47)(H2,38,40,41,42);5-11,16-18,21,24H,12-15,30H2,1-4H3,(H,33,39)(H2,32,34,35,36);1-2H,3H2/b11-8+;;2-1+. The van der Waals surface area contributed by atoms with Gasteiger partial charge in [0.2, 0.25) is 23.0 Å². The number of carbonyl (C=O) groups excluding carboxylic acids is 4. The molecule has 0 radical (unpaired) electrons. The average Bonchev–Trinajstić information content (AvgIpc) is 1.69. The summed E-state index contributed by atoms with van der Waals surface area (Å²) in [5.41, 5.74) is 13.7.